The molecule has 138 valence electrons. The number of hydrogen-bond donors (Lipinski definition) is 0. The van der Waals surface area contributed by atoms with Crippen LogP contribution in [0.3, 0.4) is 0 Å². The van der Waals surface area contributed by atoms with Crippen LogP contribution in [0.15, 0.2) is 30.3 Å². The van der Waals surface area contributed by atoms with Crippen molar-refractivity contribution in [3.63, 3.8) is 0 Å². The zero-order chi connectivity index (χ0) is 19.3. The second-order valence-corrected chi connectivity index (χ2v) is 6.80. The molecule has 0 fully saturated rings. The molecule has 0 bridgehead atoms. The van der Waals surface area contributed by atoms with Gasteiger partial charge in [0, 0.05) is 29.8 Å². The molecule has 0 radical (unpaired) electrons. The highest BCUT2D eigenvalue weighted by Gasteiger charge is 2.13. The van der Waals surface area contributed by atoms with E-state index in [1.165, 1.54) is 0 Å². The van der Waals surface area contributed by atoms with Gasteiger partial charge in [0.15, 0.2) is 0 Å². The second kappa shape index (κ2) is 8.79. The van der Waals surface area contributed by atoms with E-state index in [2.05, 4.69) is 37.0 Å². The average molecular weight is 351 g/mol. The fourth-order valence-corrected chi connectivity index (χ4v) is 3.21. The van der Waals surface area contributed by atoms with Gasteiger partial charge in [0.1, 0.15) is 18.1 Å². The molecule has 26 heavy (non-hydrogen) atoms. The van der Waals surface area contributed by atoms with Crippen molar-refractivity contribution in [3.05, 3.63) is 64.0 Å². The van der Waals surface area contributed by atoms with Gasteiger partial charge in [-0.3, -0.25) is 9.78 Å². The Hall–Kier alpha value is -2.42. The van der Waals surface area contributed by atoms with Crippen LogP contribution >= 0.6 is 0 Å². The van der Waals surface area contributed by atoms with E-state index in [1.807, 2.05) is 39.8 Å². The smallest absolute Gasteiger partial charge is 0.137 e. The number of hydrogen-bond acceptors (Lipinski definition) is 3. The van der Waals surface area contributed by atoms with Gasteiger partial charge < -0.3 is 4.74 Å². The average Bonchev–Trinajstić information content (AvgIpc) is 2.59. The topological polar surface area (TPSA) is 39.2 Å². The molecule has 0 aliphatic heterocycles. The van der Waals surface area contributed by atoms with Crippen molar-refractivity contribution in [2.24, 2.45) is 0 Å². The zero-order valence-corrected chi connectivity index (χ0v) is 16.8. The van der Waals surface area contributed by atoms with Crippen LogP contribution in [0.1, 0.15) is 60.3 Å². The number of Topliss-reactive ketones (excluding diaryl/α,β-unsaturated/α-hetero) is 1. The van der Waals surface area contributed by atoms with Crippen LogP contribution < -0.4 is 4.74 Å². The number of pyridine rings is 1. The normalized spacial score (nSPS) is 11.5. The summed E-state index contributed by atoms with van der Waals surface area (Å²) in [5.74, 6) is 1.11. The van der Waals surface area contributed by atoms with E-state index in [4.69, 9.17) is 4.74 Å². The van der Waals surface area contributed by atoms with E-state index in [-0.39, 0.29) is 5.78 Å². The van der Waals surface area contributed by atoms with Crippen molar-refractivity contribution >= 4 is 11.4 Å². The van der Waals surface area contributed by atoms with Gasteiger partial charge in [-0.2, -0.15) is 0 Å². The summed E-state index contributed by atoms with van der Waals surface area (Å²) in [6.45, 7) is 12.6. The molecule has 1 heterocycles. The first-order valence-electron chi connectivity index (χ1n) is 9.20. The predicted molar refractivity (Wildman–Crippen MR) is 108 cm³/mol. The summed E-state index contributed by atoms with van der Waals surface area (Å²) >= 11 is 0. The molecule has 0 saturated carbocycles. The third-order valence-corrected chi connectivity index (χ3v) is 4.69. The van der Waals surface area contributed by atoms with Gasteiger partial charge in [-0.15, -0.1) is 0 Å². The highest BCUT2D eigenvalue weighted by Crippen LogP contribution is 2.30. The highest BCUT2D eigenvalue weighted by molar-refractivity contribution is 5.91. The maximum absolute atomic E-state index is 11.9. The van der Waals surface area contributed by atoms with Crippen LogP contribution in [-0.2, 0) is 11.4 Å². The molecule has 3 heteroatoms. The summed E-state index contributed by atoms with van der Waals surface area (Å²) in [7, 11) is 0. The fourth-order valence-electron chi connectivity index (χ4n) is 3.21. The molecule has 0 atom stereocenters. The summed E-state index contributed by atoms with van der Waals surface area (Å²) in [6.07, 6.45) is 3.11. The lowest BCUT2D eigenvalue weighted by atomic mass is 9.91. The van der Waals surface area contributed by atoms with Gasteiger partial charge >= 0.3 is 0 Å². The maximum Gasteiger partial charge on any atom is 0.137 e. The summed E-state index contributed by atoms with van der Waals surface area (Å²) in [5, 5.41) is 0. The van der Waals surface area contributed by atoms with Crippen LogP contribution in [0.4, 0.5) is 0 Å². The number of rotatable bonds is 7. The molecule has 0 aliphatic rings. The first kappa shape index (κ1) is 19.9. The minimum atomic E-state index is 0.263. The summed E-state index contributed by atoms with van der Waals surface area (Å²) in [5.41, 5.74) is 7.64. The molecule has 2 aromatic rings. The first-order valence-corrected chi connectivity index (χ1v) is 9.20. The van der Waals surface area contributed by atoms with Crippen molar-refractivity contribution < 1.29 is 9.53 Å². The number of ketones is 1. The maximum atomic E-state index is 11.9. The third-order valence-electron chi connectivity index (χ3n) is 4.69. The molecule has 0 amide bonds. The Morgan fingerprint density at radius 1 is 1.12 bits per heavy atom. The Morgan fingerprint density at radius 2 is 1.77 bits per heavy atom. The Balaban J connectivity index is 2.21. The number of nitrogens with zero attached hydrogens (tertiary/aromatic N) is 1. The first-order chi connectivity index (χ1) is 12.3. The van der Waals surface area contributed by atoms with Crippen molar-refractivity contribution in [2.45, 2.75) is 61.0 Å². The summed E-state index contributed by atoms with van der Waals surface area (Å²) in [6, 6.07) is 8.19. The molecule has 0 spiro atoms. The third kappa shape index (κ3) is 4.81. The Morgan fingerprint density at radius 3 is 2.31 bits per heavy atom. The number of carbonyl (C=O) groups is 1. The van der Waals surface area contributed by atoms with E-state index in [9.17, 15) is 4.79 Å². The minimum Gasteiger partial charge on any atom is -0.489 e. The fraction of sp³-hybridized carbons (Fsp3) is 0.391. The molecule has 3 nitrogen and oxygen atoms in total. The van der Waals surface area contributed by atoms with Crippen LogP contribution in [0.5, 0.6) is 5.75 Å². The Kier molecular flexibility index (Phi) is 6.73. The van der Waals surface area contributed by atoms with Crippen molar-refractivity contribution in [2.75, 3.05) is 0 Å². The number of aryl methyl sites for hydroxylation is 4. The SMILES string of the molecule is C/C=C(/CC(=O)CC)c1c(C)cc(OCc2ccc(C)nc2C)cc1C. The van der Waals surface area contributed by atoms with Gasteiger partial charge in [-0.1, -0.05) is 19.1 Å². The Bertz CT molecular complexity index is 811. The van der Waals surface area contributed by atoms with Crippen LogP contribution in [0.2, 0.25) is 0 Å². The predicted octanol–water partition coefficient (Wildman–Crippen LogP) is 5.67. The molecule has 1 aromatic carbocycles. The van der Waals surface area contributed by atoms with Gasteiger partial charge in [0.05, 0.1) is 0 Å². The van der Waals surface area contributed by atoms with Crippen molar-refractivity contribution in [3.8, 4) is 5.75 Å². The second-order valence-electron chi connectivity index (χ2n) is 6.80. The number of ether oxygens (including phenoxy) is 1. The molecule has 0 saturated heterocycles. The van der Waals surface area contributed by atoms with Crippen LogP contribution in [-0.4, -0.2) is 10.8 Å². The molecular formula is C23H29NO2. The molecule has 2 rings (SSSR count). The molecule has 0 unspecified atom stereocenters. The lowest BCUT2D eigenvalue weighted by Crippen LogP contribution is -2.03. The number of aromatic nitrogens is 1. The summed E-state index contributed by atoms with van der Waals surface area (Å²) in [4.78, 5) is 16.4. The molecule has 0 N–H and O–H groups in total. The number of allylic oxidation sites excluding steroid dienone is 2. The number of benzene rings is 1. The van der Waals surface area contributed by atoms with Gasteiger partial charge in [0.25, 0.3) is 0 Å². The lowest BCUT2D eigenvalue weighted by Gasteiger charge is -2.16. The standard InChI is InChI=1S/C23H29NO2/c1-7-19(13-21(25)8-2)23-15(3)11-22(12-16(23)4)26-14-20-10-9-17(5)24-18(20)6/h7,9-12H,8,13-14H2,1-6H3/b19-7-. The van der Waals surface area contributed by atoms with Gasteiger partial charge in [-0.25, -0.2) is 0 Å². The van der Waals surface area contributed by atoms with E-state index in [1.54, 1.807) is 0 Å². The van der Waals surface area contributed by atoms with E-state index < -0.39 is 0 Å². The zero-order valence-electron chi connectivity index (χ0n) is 16.8. The van der Waals surface area contributed by atoms with E-state index in [0.717, 1.165) is 45.0 Å². The quantitative estimate of drug-likeness (QED) is 0.645. The van der Waals surface area contributed by atoms with Gasteiger partial charge in [0.2, 0.25) is 0 Å². The lowest BCUT2D eigenvalue weighted by molar-refractivity contribution is -0.117. The van der Waals surface area contributed by atoms with Crippen LogP contribution in [0, 0.1) is 27.7 Å². The van der Waals surface area contributed by atoms with E-state index >= 15 is 0 Å². The minimum absolute atomic E-state index is 0.263. The van der Waals surface area contributed by atoms with Crippen LogP contribution in [0.25, 0.3) is 5.57 Å². The molecular weight excluding hydrogens is 322 g/mol. The van der Waals surface area contributed by atoms with E-state index in [0.29, 0.717) is 19.4 Å². The van der Waals surface area contributed by atoms with Crippen molar-refractivity contribution in [1.82, 2.24) is 4.98 Å². The molecule has 0 aliphatic carbocycles. The monoisotopic (exact) mass is 351 g/mol. The largest absolute Gasteiger partial charge is 0.489 e. The molecule has 1 aromatic heterocycles. The van der Waals surface area contributed by atoms with Crippen molar-refractivity contribution in [1.29, 1.82) is 0 Å². The highest BCUT2D eigenvalue weighted by atomic mass is 16.5. The summed E-state index contributed by atoms with van der Waals surface area (Å²) < 4.78 is 6.02. The number of carbonyl (C=O) groups excluding carboxylic acids is 1. The van der Waals surface area contributed by atoms with Gasteiger partial charge in [-0.05, 0) is 75.1 Å². The Labute approximate surface area is 157 Å².